The lowest BCUT2D eigenvalue weighted by Crippen LogP contribution is -2.24. The van der Waals surface area contributed by atoms with Crippen molar-refractivity contribution in [3.05, 3.63) is 54.5 Å². The average molecular weight is 245 g/mol. The highest BCUT2D eigenvalue weighted by atomic mass is 16.5. The van der Waals surface area contributed by atoms with Crippen LogP contribution in [0, 0.1) is 0 Å². The van der Waals surface area contributed by atoms with Gasteiger partial charge in [-0.3, -0.25) is 4.79 Å². The molecule has 0 aliphatic carbocycles. The van der Waals surface area contributed by atoms with Gasteiger partial charge in [0, 0.05) is 0 Å². The number of benzene rings is 1. The predicted molar refractivity (Wildman–Crippen MR) is 67.1 cm³/mol. The standard InChI is InChI=1S/C14H15NO3/c16-14(15-11-13-7-4-9-17-13)8-10-18-12-5-2-1-3-6-12/h1-7,9H,8,10-11H2,(H,15,16). The highest BCUT2D eigenvalue weighted by Gasteiger charge is 2.03. The molecule has 18 heavy (non-hydrogen) atoms. The predicted octanol–water partition coefficient (Wildman–Crippen LogP) is 2.36. The van der Waals surface area contributed by atoms with E-state index in [9.17, 15) is 4.79 Å². The molecule has 2 rings (SSSR count). The van der Waals surface area contributed by atoms with Crippen LogP contribution in [0.1, 0.15) is 12.2 Å². The monoisotopic (exact) mass is 245 g/mol. The highest BCUT2D eigenvalue weighted by Crippen LogP contribution is 2.08. The quantitative estimate of drug-likeness (QED) is 0.850. The van der Waals surface area contributed by atoms with Crippen molar-refractivity contribution in [3.8, 4) is 5.75 Å². The van der Waals surface area contributed by atoms with Crippen LogP contribution in [-0.4, -0.2) is 12.5 Å². The Labute approximate surface area is 106 Å². The Morgan fingerprint density at radius 1 is 1.17 bits per heavy atom. The molecule has 94 valence electrons. The lowest BCUT2D eigenvalue weighted by Gasteiger charge is -2.06. The Balaban J connectivity index is 1.63. The van der Waals surface area contributed by atoms with Crippen LogP contribution in [0.2, 0.25) is 0 Å². The summed E-state index contributed by atoms with van der Waals surface area (Å²) in [7, 11) is 0. The summed E-state index contributed by atoms with van der Waals surface area (Å²) in [5, 5.41) is 2.76. The van der Waals surface area contributed by atoms with E-state index in [4.69, 9.17) is 9.15 Å². The Morgan fingerprint density at radius 3 is 2.72 bits per heavy atom. The van der Waals surface area contributed by atoms with Gasteiger partial charge in [-0.1, -0.05) is 18.2 Å². The number of hydrogen-bond donors (Lipinski definition) is 1. The topological polar surface area (TPSA) is 51.5 Å². The third-order valence-corrected chi connectivity index (χ3v) is 2.38. The summed E-state index contributed by atoms with van der Waals surface area (Å²) in [4.78, 5) is 11.5. The van der Waals surface area contributed by atoms with Gasteiger partial charge in [0.05, 0.1) is 25.8 Å². The van der Waals surface area contributed by atoms with Crippen molar-refractivity contribution in [2.45, 2.75) is 13.0 Å². The average Bonchev–Trinajstić information content (AvgIpc) is 2.91. The van der Waals surface area contributed by atoms with E-state index in [1.165, 1.54) is 0 Å². The van der Waals surface area contributed by atoms with E-state index in [2.05, 4.69) is 5.32 Å². The lowest BCUT2D eigenvalue weighted by atomic mass is 10.3. The molecular formula is C14H15NO3. The third-order valence-electron chi connectivity index (χ3n) is 2.38. The number of amides is 1. The summed E-state index contributed by atoms with van der Waals surface area (Å²) in [5.74, 6) is 1.46. The van der Waals surface area contributed by atoms with Gasteiger partial charge in [-0.15, -0.1) is 0 Å². The second kappa shape index (κ2) is 6.49. The maximum Gasteiger partial charge on any atom is 0.223 e. The van der Waals surface area contributed by atoms with Gasteiger partial charge in [-0.2, -0.15) is 0 Å². The number of rotatable bonds is 6. The molecule has 0 atom stereocenters. The normalized spacial score (nSPS) is 10.0. The van der Waals surface area contributed by atoms with Gasteiger partial charge in [0.1, 0.15) is 11.5 Å². The van der Waals surface area contributed by atoms with Crippen molar-refractivity contribution < 1.29 is 13.9 Å². The summed E-state index contributed by atoms with van der Waals surface area (Å²) >= 11 is 0. The van der Waals surface area contributed by atoms with Crippen LogP contribution in [0.25, 0.3) is 0 Å². The molecule has 0 aliphatic heterocycles. The molecule has 0 unspecified atom stereocenters. The maximum atomic E-state index is 11.5. The molecule has 0 bridgehead atoms. The molecule has 0 aliphatic rings. The molecule has 0 saturated carbocycles. The van der Waals surface area contributed by atoms with E-state index in [1.807, 2.05) is 36.4 Å². The zero-order valence-electron chi connectivity index (χ0n) is 9.96. The van der Waals surface area contributed by atoms with Gasteiger partial charge in [-0.25, -0.2) is 0 Å². The van der Waals surface area contributed by atoms with Crippen molar-refractivity contribution in [2.24, 2.45) is 0 Å². The van der Waals surface area contributed by atoms with Gasteiger partial charge in [-0.05, 0) is 24.3 Å². The first-order valence-electron chi connectivity index (χ1n) is 5.81. The molecule has 2 aromatic rings. The van der Waals surface area contributed by atoms with Gasteiger partial charge in [0.15, 0.2) is 0 Å². The molecule has 0 fully saturated rings. The molecular weight excluding hydrogens is 230 g/mol. The fraction of sp³-hybridized carbons (Fsp3) is 0.214. The zero-order valence-corrected chi connectivity index (χ0v) is 9.96. The molecule has 0 radical (unpaired) electrons. The highest BCUT2D eigenvalue weighted by molar-refractivity contribution is 5.75. The minimum Gasteiger partial charge on any atom is -0.493 e. The van der Waals surface area contributed by atoms with Gasteiger partial charge in [0.2, 0.25) is 5.91 Å². The molecule has 1 heterocycles. The number of furan rings is 1. The van der Waals surface area contributed by atoms with Crippen molar-refractivity contribution in [1.82, 2.24) is 5.32 Å². The SMILES string of the molecule is O=C(CCOc1ccccc1)NCc1ccco1. The third kappa shape index (κ3) is 3.97. The van der Waals surface area contributed by atoms with E-state index < -0.39 is 0 Å². The van der Waals surface area contributed by atoms with Gasteiger partial charge in [0.25, 0.3) is 0 Å². The van der Waals surface area contributed by atoms with E-state index >= 15 is 0 Å². The smallest absolute Gasteiger partial charge is 0.223 e. The van der Waals surface area contributed by atoms with Crippen LogP contribution in [0.15, 0.2) is 53.1 Å². The summed E-state index contributed by atoms with van der Waals surface area (Å²) in [6.45, 7) is 0.783. The Bertz CT molecular complexity index is 465. The van der Waals surface area contributed by atoms with Crippen molar-refractivity contribution in [1.29, 1.82) is 0 Å². The van der Waals surface area contributed by atoms with Gasteiger partial charge >= 0.3 is 0 Å². The molecule has 4 heteroatoms. The van der Waals surface area contributed by atoms with Crippen LogP contribution in [0.5, 0.6) is 5.75 Å². The summed E-state index contributed by atoms with van der Waals surface area (Å²) in [6, 6.07) is 13.0. The van der Waals surface area contributed by atoms with Crippen LogP contribution in [-0.2, 0) is 11.3 Å². The first-order valence-corrected chi connectivity index (χ1v) is 5.81. The van der Waals surface area contributed by atoms with E-state index in [0.717, 1.165) is 11.5 Å². The summed E-state index contributed by atoms with van der Waals surface area (Å²) in [5.41, 5.74) is 0. The first kappa shape index (κ1) is 12.2. The minimum atomic E-state index is -0.0534. The van der Waals surface area contributed by atoms with Crippen LogP contribution < -0.4 is 10.1 Å². The molecule has 4 nitrogen and oxygen atoms in total. The summed E-state index contributed by atoms with van der Waals surface area (Å²) in [6.07, 6.45) is 1.91. The molecule has 0 saturated heterocycles. The number of carbonyl (C=O) groups is 1. The summed E-state index contributed by atoms with van der Waals surface area (Å²) < 4.78 is 10.5. The molecule has 0 spiro atoms. The number of para-hydroxylation sites is 1. The minimum absolute atomic E-state index is 0.0534. The van der Waals surface area contributed by atoms with Crippen molar-refractivity contribution in [2.75, 3.05) is 6.61 Å². The number of carbonyl (C=O) groups excluding carboxylic acids is 1. The second-order valence-electron chi connectivity index (χ2n) is 3.77. The Morgan fingerprint density at radius 2 is 2.00 bits per heavy atom. The fourth-order valence-corrected chi connectivity index (χ4v) is 1.47. The Hall–Kier alpha value is -2.23. The van der Waals surface area contributed by atoms with Crippen molar-refractivity contribution in [3.63, 3.8) is 0 Å². The lowest BCUT2D eigenvalue weighted by molar-refractivity contribution is -0.121. The number of hydrogen-bond acceptors (Lipinski definition) is 3. The van der Waals surface area contributed by atoms with E-state index in [0.29, 0.717) is 19.6 Å². The largest absolute Gasteiger partial charge is 0.493 e. The number of ether oxygens (including phenoxy) is 1. The van der Waals surface area contributed by atoms with Crippen molar-refractivity contribution >= 4 is 5.91 Å². The number of nitrogens with one attached hydrogen (secondary N) is 1. The zero-order chi connectivity index (χ0) is 12.6. The fourth-order valence-electron chi connectivity index (χ4n) is 1.47. The van der Waals surface area contributed by atoms with Crippen LogP contribution in [0.4, 0.5) is 0 Å². The molecule has 1 aromatic heterocycles. The molecule has 1 aromatic carbocycles. The van der Waals surface area contributed by atoms with Crippen LogP contribution >= 0.6 is 0 Å². The molecule has 1 amide bonds. The molecule has 1 N–H and O–H groups in total. The van der Waals surface area contributed by atoms with Gasteiger partial charge < -0.3 is 14.5 Å². The van der Waals surface area contributed by atoms with E-state index in [1.54, 1.807) is 12.3 Å². The first-order chi connectivity index (χ1) is 8.84. The maximum absolute atomic E-state index is 11.5. The van der Waals surface area contributed by atoms with E-state index in [-0.39, 0.29) is 5.91 Å². The van der Waals surface area contributed by atoms with Crippen LogP contribution in [0.3, 0.4) is 0 Å². The second-order valence-corrected chi connectivity index (χ2v) is 3.77. The Kier molecular flexibility index (Phi) is 4.41.